The summed E-state index contributed by atoms with van der Waals surface area (Å²) in [6.07, 6.45) is 0.477. The molecule has 0 N–H and O–H groups in total. The lowest BCUT2D eigenvalue weighted by atomic mass is 10.1. The van der Waals surface area contributed by atoms with Gasteiger partial charge in [0.05, 0.1) is 12.7 Å². The fourth-order valence-electron chi connectivity index (χ4n) is 0.966. The summed E-state index contributed by atoms with van der Waals surface area (Å²) in [5, 5.41) is 0. The standard InChI is InChI=1S/C9H9FO2/c1-6-3-8(12-2)4-7(5-11)9(6)10/h3-5H,1-2H3. The van der Waals surface area contributed by atoms with Gasteiger partial charge in [0.15, 0.2) is 6.29 Å². The van der Waals surface area contributed by atoms with Gasteiger partial charge in [-0.05, 0) is 24.6 Å². The SMILES string of the molecule is COc1cc(C)c(F)c(C=O)c1. The fourth-order valence-corrected chi connectivity index (χ4v) is 0.966. The van der Waals surface area contributed by atoms with Crippen molar-refractivity contribution in [2.75, 3.05) is 7.11 Å². The van der Waals surface area contributed by atoms with E-state index in [1.54, 1.807) is 13.0 Å². The predicted molar refractivity (Wildman–Crippen MR) is 43.1 cm³/mol. The van der Waals surface area contributed by atoms with Crippen LogP contribution in [0.1, 0.15) is 15.9 Å². The Morgan fingerprint density at radius 1 is 1.50 bits per heavy atom. The zero-order valence-corrected chi connectivity index (χ0v) is 6.93. The molecule has 0 radical (unpaired) electrons. The van der Waals surface area contributed by atoms with Crippen LogP contribution < -0.4 is 4.74 Å². The maximum atomic E-state index is 13.0. The molecule has 0 unspecified atom stereocenters. The van der Waals surface area contributed by atoms with Gasteiger partial charge >= 0.3 is 0 Å². The monoisotopic (exact) mass is 168 g/mol. The van der Waals surface area contributed by atoms with E-state index in [9.17, 15) is 9.18 Å². The summed E-state index contributed by atoms with van der Waals surface area (Å²) in [6.45, 7) is 1.59. The summed E-state index contributed by atoms with van der Waals surface area (Å²) in [6, 6.07) is 2.91. The van der Waals surface area contributed by atoms with Crippen molar-refractivity contribution in [2.45, 2.75) is 6.92 Å². The Kier molecular flexibility index (Phi) is 2.43. The molecule has 0 atom stereocenters. The third-order valence-electron chi connectivity index (χ3n) is 1.62. The molecule has 1 aromatic carbocycles. The van der Waals surface area contributed by atoms with Crippen molar-refractivity contribution >= 4 is 6.29 Å². The number of carbonyl (C=O) groups excluding carboxylic acids is 1. The van der Waals surface area contributed by atoms with E-state index in [2.05, 4.69) is 0 Å². The number of benzene rings is 1. The molecule has 0 amide bonds. The highest BCUT2D eigenvalue weighted by Gasteiger charge is 2.06. The van der Waals surface area contributed by atoms with Gasteiger partial charge < -0.3 is 4.74 Å². The van der Waals surface area contributed by atoms with Gasteiger partial charge in [0, 0.05) is 0 Å². The van der Waals surface area contributed by atoms with Gasteiger partial charge in [0.25, 0.3) is 0 Å². The van der Waals surface area contributed by atoms with Crippen LogP contribution in [-0.4, -0.2) is 13.4 Å². The van der Waals surface area contributed by atoms with E-state index in [1.807, 2.05) is 0 Å². The minimum absolute atomic E-state index is 0.0341. The Morgan fingerprint density at radius 2 is 2.17 bits per heavy atom. The molecule has 0 heterocycles. The van der Waals surface area contributed by atoms with E-state index in [0.29, 0.717) is 17.6 Å². The maximum absolute atomic E-state index is 13.0. The molecule has 1 rings (SSSR count). The summed E-state index contributed by atoms with van der Waals surface area (Å²) < 4.78 is 17.9. The van der Waals surface area contributed by atoms with E-state index < -0.39 is 5.82 Å². The first-order chi connectivity index (χ1) is 5.69. The van der Waals surface area contributed by atoms with Crippen LogP contribution in [0.2, 0.25) is 0 Å². The number of hydrogen-bond acceptors (Lipinski definition) is 2. The quantitative estimate of drug-likeness (QED) is 0.631. The van der Waals surface area contributed by atoms with Gasteiger partial charge in [-0.1, -0.05) is 0 Å². The second kappa shape index (κ2) is 3.34. The molecule has 0 saturated heterocycles. The van der Waals surface area contributed by atoms with Crippen LogP contribution in [0.3, 0.4) is 0 Å². The van der Waals surface area contributed by atoms with Crippen molar-refractivity contribution in [3.63, 3.8) is 0 Å². The second-order valence-corrected chi connectivity index (χ2v) is 2.47. The summed E-state index contributed by atoms with van der Waals surface area (Å²) in [5.74, 6) is 0.0156. The molecule has 64 valence electrons. The van der Waals surface area contributed by atoms with Crippen molar-refractivity contribution < 1.29 is 13.9 Å². The predicted octanol–water partition coefficient (Wildman–Crippen LogP) is 1.96. The van der Waals surface area contributed by atoms with Crippen LogP contribution in [0.4, 0.5) is 4.39 Å². The number of carbonyl (C=O) groups is 1. The topological polar surface area (TPSA) is 26.3 Å². The van der Waals surface area contributed by atoms with Crippen LogP contribution in [0, 0.1) is 12.7 Å². The molecular weight excluding hydrogens is 159 g/mol. The van der Waals surface area contributed by atoms with Gasteiger partial charge in [0.2, 0.25) is 0 Å². The van der Waals surface area contributed by atoms with Gasteiger partial charge in [-0.15, -0.1) is 0 Å². The Labute approximate surface area is 70.0 Å². The van der Waals surface area contributed by atoms with Crippen molar-refractivity contribution in [1.82, 2.24) is 0 Å². The van der Waals surface area contributed by atoms with Crippen molar-refractivity contribution in [3.8, 4) is 5.75 Å². The van der Waals surface area contributed by atoms with Crippen molar-refractivity contribution in [3.05, 3.63) is 29.1 Å². The minimum atomic E-state index is -0.481. The first-order valence-corrected chi connectivity index (χ1v) is 3.48. The third-order valence-corrected chi connectivity index (χ3v) is 1.62. The van der Waals surface area contributed by atoms with Gasteiger partial charge in [0.1, 0.15) is 11.6 Å². The lowest BCUT2D eigenvalue weighted by Crippen LogP contribution is -1.93. The van der Waals surface area contributed by atoms with Crippen LogP contribution >= 0.6 is 0 Å². The van der Waals surface area contributed by atoms with Gasteiger partial charge in [-0.2, -0.15) is 0 Å². The number of rotatable bonds is 2. The molecule has 0 aliphatic rings. The molecule has 1 aromatic rings. The number of ether oxygens (including phenoxy) is 1. The van der Waals surface area contributed by atoms with Crippen LogP contribution in [0.15, 0.2) is 12.1 Å². The molecular formula is C9H9FO2. The summed E-state index contributed by atoms with van der Waals surface area (Å²) in [7, 11) is 1.47. The van der Waals surface area contributed by atoms with Crippen LogP contribution in [0.5, 0.6) is 5.75 Å². The lowest BCUT2D eigenvalue weighted by Gasteiger charge is -2.03. The lowest BCUT2D eigenvalue weighted by molar-refractivity contribution is 0.111. The molecule has 3 heteroatoms. The molecule has 0 aliphatic heterocycles. The van der Waals surface area contributed by atoms with Gasteiger partial charge in [-0.25, -0.2) is 4.39 Å². The number of methoxy groups -OCH3 is 1. The highest BCUT2D eigenvalue weighted by molar-refractivity contribution is 5.76. The number of halogens is 1. The van der Waals surface area contributed by atoms with Crippen LogP contribution in [-0.2, 0) is 0 Å². The van der Waals surface area contributed by atoms with Crippen molar-refractivity contribution in [1.29, 1.82) is 0 Å². The zero-order valence-electron chi connectivity index (χ0n) is 6.93. The number of aryl methyl sites for hydroxylation is 1. The van der Waals surface area contributed by atoms with E-state index in [4.69, 9.17) is 4.74 Å². The Hall–Kier alpha value is -1.38. The summed E-state index contributed by atoms with van der Waals surface area (Å²) in [5.41, 5.74) is 0.448. The maximum Gasteiger partial charge on any atom is 0.153 e. The first kappa shape index (κ1) is 8.71. The Morgan fingerprint density at radius 3 is 2.67 bits per heavy atom. The molecule has 2 nitrogen and oxygen atoms in total. The number of hydrogen-bond donors (Lipinski definition) is 0. The van der Waals surface area contributed by atoms with Crippen molar-refractivity contribution in [2.24, 2.45) is 0 Å². The average molecular weight is 168 g/mol. The molecule has 0 spiro atoms. The molecule has 0 saturated carbocycles. The number of aldehydes is 1. The van der Waals surface area contributed by atoms with E-state index in [-0.39, 0.29) is 5.56 Å². The van der Waals surface area contributed by atoms with E-state index >= 15 is 0 Å². The summed E-state index contributed by atoms with van der Waals surface area (Å²) >= 11 is 0. The summed E-state index contributed by atoms with van der Waals surface area (Å²) in [4.78, 5) is 10.4. The minimum Gasteiger partial charge on any atom is -0.497 e. The largest absolute Gasteiger partial charge is 0.497 e. The third kappa shape index (κ3) is 1.44. The average Bonchev–Trinajstić information content (AvgIpc) is 2.09. The highest BCUT2D eigenvalue weighted by atomic mass is 19.1. The second-order valence-electron chi connectivity index (χ2n) is 2.47. The normalized spacial score (nSPS) is 9.58. The fraction of sp³-hybridized carbons (Fsp3) is 0.222. The molecule has 12 heavy (non-hydrogen) atoms. The highest BCUT2D eigenvalue weighted by Crippen LogP contribution is 2.19. The smallest absolute Gasteiger partial charge is 0.153 e. The van der Waals surface area contributed by atoms with E-state index in [0.717, 1.165) is 0 Å². The van der Waals surface area contributed by atoms with Crippen LogP contribution in [0.25, 0.3) is 0 Å². The molecule has 0 aliphatic carbocycles. The molecule has 0 fully saturated rings. The Bertz CT molecular complexity index is 308. The van der Waals surface area contributed by atoms with Gasteiger partial charge in [-0.3, -0.25) is 4.79 Å². The first-order valence-electron chi connectivity index (χ1n) is 3.48. The zero-order chi connectivity index (χ0) is 9.14. The molecule has 0 bridgehead atoms. The van der Waals surface area contributed by atoms with E-state index in [1.165, 1.54) is 13.2 Å². The Balaban J connectivity index is 3.28. The molecule has 0 aromatic heterocycles.